The molecule has 3 aliphatic carbocycles. The minimum absolute atomic E-state index is 0.0635. The van der Waals surface area contributed by atoms with Crippen molar-refractivity contribution in [3.05, 3.63) is 69.1 Å². The van der Waals surface area contributed by atoms with Crippen molar-refractivity contribution >= 4 is 34.9 Å². The van der Waals surface area contributed by atoms with E-state index in [0.717, 1.165) is 54.7 Å². The van der Waals surface area contributed by atoms with Gasteiger partial charge in [0.05, 0.1) is 52.9 Å². The molecule has 0 amide bonds. The number of hydrogen-bond donors (Lipinski definition) is 1. The molecule has 6 nitrogen and oxygen atoms in total. The van der Waals surface area contributed by atoms with Gasteiger partial charge in [-0.15, -0.1) is 0 Å². The van der Waals surface area contributed by atoms with Crippen LogP contribution in [0.2, 0.25) is 10.0 Å². The molecule has 3 atom stereocenters. The molecule has 0 unspecified atom stereocenters. The molecule has 1 aliphatic heterocycles. The summed E-state index contributed by atoms with van der Waals surface area (Å²) in [5.41, 5.74) is 5.17. The maximum atomic E-state index is 15.2. The number of anilines is 1. The fourth-order valence-electron chi connectivity index (χ4n) is 6.91. The summed E-state index contributed by atoms with van der Waals surface area (Å²) in [5.74, 6) is 0.743. The summed E-state index contributed by atoms with van der Waals surface area (Å²) in [4.78, 5) is 13.9. The van der Waals surface area contributed by atoms with Gasteiger partial charge in [0.15, 0.2) is 0 Å². The van der Waals surface area contributed by atoms with Crippen LogP contribution in [-0.2, 0) is 20.9 Å². The van der Waals surface area contributed by atoms with Crippen LogP contribution in [0.3, 0.4) is 0 Å². The molecule has 3 aromatic rings. The highest BCUT2D eigenvalue weighted by molar-refractivity contribution is 6.39. The van der Waals surface area contributed by atoms with Gasteiger partial charge < -0.3 is 14.4 Å². The predicted molar refractivity (Wildman–Crippen MR) is 152 cm³/mol. The number of fused-ring (bicyclic) bond motifs is 2. The number of benzene rings is 2. The van der Waals surface area contributed by atoms with Crippen molar-refractivity contribution in [2.45, 2.75) is 69.1 Å². The summed E-state index contributed by atoms with van der Waals surface area (Å²) < 4.78 is 26.3. The van der Waals surface area contributed by atoms with Gasteiger partial charge in [-0.25, -0.2) is 4.39 Å². The topological polar surface area (TPSA) is 67.4 Å². The number of ether oxygens (including phenoxy) is 2. The number of H-pyrrole nitrogens is 1. The maximum absolute atomic E-state index is 15.2. The van der Waals surface area contributed by atoms with Gasteiger partial charge in [-0.3, -0.25) is 9.89 Å². The third-order valence-corrected chi connectivity index (χ3v) is 9.95. The predicted octanol–water partition coefficient (Wildman–Crippen LogP) is 7.25. The number of piperidine rings is 1. The van der Waals surface area contributed by atoms with E-state index in [9.17, 15) is 4.79 Å². The van der Waals surface area contributed by atoms with E-state index in [4.69, 9.17) is 32.7 Å². The molecule has 9 heteroatoms. The highest BCUT2D eigenvalue weighted by Gasteiger charge is 2.46. The first kappa shape index (κ1) is 26.3. The maximum Gasteiger partial charge on any atom is 0.308 e. The van der Waals surface area contributed by atoms with Gasteiger partial charge in [0.25, 0.3) is 0 Å². The molecule has 1 N–H and O–H groups in total. The zero-order chi connectivity index (χ0) is 27.5. The highest BCUT2D eigenvalue weighted by Crippen LogP contribution is 2.47. The molecule has 40 heavy (non-hydrogen) atoms. The molecule has 2 heterocycles. The first-order valence-electron chi connectivity index (χ1n) is 14.2. The Morgan fingerprint density at radius 3 is 2.48 bits per heavy atom. The summed E-state index contributed by atoms with van der Waals surface area (Å²) in [7, 11) is 1.42. The number of rotatable bonds is 8. The zero-order valence-corrected chi connectivity index (χ0v) is 23.8. The Morgan fingerprint density at radius 2 is 1.82 bits per heavy atom. The highest BCUT2D eigenvalue weighted by atomic mass is 35.5. The Kier molecular flexibility index (Phi) is 6.80. The van der Waals surface area contributed by atoms with Crippen molar-refractivity contribution in [2.75, 3.05) is 18.6 Å². The second-order valence-electron chi connectivity index (χ2n) is 11.9. The molecule has 210 valence electrons. The van der Waals surface area contributed by atoms with E-state index in [1.807, 2.05) is 30.3 Å². The zero-order valence-electron chi connectivity index (χ0n) is 22.3. The van der Waals surface area contributed by atoms with E-state index in [2.05, 4.69) is 15.1 Å². The standard InChI is InChI=1S/C31H32Cl2FN3O3/c1-39-31(38)20-6-18(7-20)17-4-5-28(26(34)11-17)37-14-21-8-23(37)13-29(21)40-15-22-12-27(36-35-22)30-24(32)9-19(10-25(30)33)16-2-3-16/h4-5,9-12,16,18,20-21,23,29H,2-3,6-8,13-15H2,1H3,(H,35,36)/t18?,20?,21-,23-,29+/m0/s1. The van der Waals surface area contributed by atoms with Crippen LogP contribution in [0.4, 0.5) is 10.1 Å². The number of carbonyl (C=O) groups is 1. The van der Waals surface area contributed by atoms with Crippen LogP contribution < -0.4 is 4.90 Å². The van der Waals surface area contributed by atoms with E-state index in [-0.39, 0.29) is 35.8 Å². The van der Waals surface area contributed by atoms with Crippen LogP contribution in [-0.4, -0.2) is 42.0 Å². The van der Waals surface area contributed by atoms with Crippen molar-refractivity contribution in [1.82, 2.24) is 10.2 Å². The van der Waals surface area contributed by atoms with Crippen LogP contribution in [0, 0.1) is 17.7 Å². The van der Waals surface area contributed by atoms with E-state index < -0.39 is 0 Å². The first-order valence-corrected chi connectivity index (χ1v) is 14.9. The quantitative estimate of drug-likeness (QED) is 0.283. The van der Waals surface area contributed by atoms with Gasteiger partial charge >= 0.3 is 5.97 Å². The van der Waals surface area contributed by atoms with Gasteiger partial charge in [0, 0.05) is 24.1 Å². The largest absolute Gasteiger partial charge is 0.469 e. The lowest BCUT2D eigenvalue weighted by molar-refractivity contribution is -0.148. The number of methoxy groups -OCH3 is 1. The molecule has 2 bridgehead atoms. The van der Waals surface area contributed by atoms with Crippen molar-refractivity contribution in [3.63, 3.8) is 0 Å². The van der Waals surface area contributed by atoms with Gasteiger partial charge in [0.2, 0.25) is 0 Å². The number of hydrogen-bond acceptors (Lipinski definition) is 5. The monoisotopic (exact) mass is 583 g/mol. The van der Waals surface area contributed by atoms with E-state index in [1.165, 1.54) is 25.5 Å². The molecule has 1 saturated heterocycles. The van der Waals surface area contributed by atoms with Gasteiger partial charge in [0.1, 0.15) is 5.82 Å². The molecule has 1 aromatic heterocycles. The van der Waals surface area contributed by atoms with Crippen molar-refractivity contribution in [1.29, 1.82) is 0 Å². The third kappa shape index (κ3) is 4.80. The van der Waals surface area contributed by atoms with Crippen LogP contribution >= 0.6 is 23.2 Å². The molecule has 0 radical (unpaired) electrons. The molecule has 0 spiro atoms. The summed E-state index contributed by atoms with van der Waals surface area (Å²) in [5, 5.41) is 8.78. The Balaban J connectivity index is 0.948. The Bertz CT molecular complexity index is 1430. The molecule has 2 aromatic carbocycles. The number of halogens is 3. The summed E-state index contributed by atoms with van der Waals surface area (Å²) >= 11 is 13.2. The molecular weight excluding hydrogens is 552 g/mol. The van der Waals surface area contributed by atoms with Gasteiger partial charge in [-0.05, 0) is 91.8 Å². The first-order chi connectivity index (χ1) is 19.4. The third-order valence-electron chi connectivity index (χ3n) is 9.36. The van der Waals surface area contributed by atoms with Crippen molar-refractivity contribution in [3.8, 4) is 11.3 Å². The van der Waals surface area contributed by atoms with Crippen LogP contribution in [0.15, 0.2) is 36.4 Å². The number of nitrogens with zero attached hydrogens (tertiary/aromatic N) is 2. The number of aromatic nitrogens is 2. The number of aromatic amines is 1. The number of carbonyl (C=O) groups excluding carboxylic acids is 1. The minimum atomic E-state index is -0.184. The van der Waals surface area contributed by atoms with Crippen molar-refractivity contribution < 1.29 is 18.7 Å². The van der Waals surface area contributed by atoms with E-state index in [1.54, 1.807) is 6.07 Å². The molecule has 3 saturated carbocycles. The lowest BCUT2D eigenvalue weighted by Crippen LogP contribution is -2.39. The average molecular weight is 585 g/mol. The Morgan fingerprint density at radius 1 is 1.05 bits per heavy atom. The molecule has 4 fully saturated rings. The molecule has 4 aliphatic rings. The van der Waals surface area contributed by atoms with Gasteiger partial charge in [-0.2, -0.15) is 5.10 Å². The molecule has 7 rings (SSSR count). The number of nitrogens with one attached hydrogen (secondary N) is 1. The normalized spacial score (nSPS) is 27.2. The minimum Gasteiger partial charge on any atom is -0.469 e. The second-order valence-corrected chi connectivity index (χ2v) is 12.7. The summed E-state index contributed by atoms with van der Waals surface area (Å²) in [6, 6.07) is 11.8. The Hall–Kier alpha value is -2.61. The van der Waals surface area contributed by atoms with Gasteiger partial charge in [-0.1, -0.05) is 29.3 Å². The molecular formula is C31H32Cl2FN3O3. The average Bonchev–Trinajstić information content (AvgIpc) is 3.34. The Labute approximate surface area is 243 Å². The van der Waals surface area contributed by atoms with E-state index in [0.29, 0.717) is 34.2 Å². The number of esters is 1. The summed E-state index contributed by atoms with van der Waals surface area (Å²) in [6.07, 6.45) is 5.84. The fourth-order valence-corrected chi connectivity index (χ4v) is 7.61. The van der Waals surface area contributed by atoms with Crippen LogP contribution in [0.25, 0.3) is 11.3 Å². The van der Waals surface area contributed by atoms with Crippen LogP contribution in [0.1, 0.15) is 67.2 Å². The smallest absolute Gasteiger partial charge is 0.308 e. The van der Waals surface area contributed by atoms with Crippen LogP contribution in [0.5, 0.6) is 0 Å². The van der Waals surface area contributed by atoms with Crippen molar-refractivity contribution in [2.24, 2.45) is 11.8 Å². The lowest BCUT2D eigenvalue weighted by atomic mass is 9.71. The lowest BCUT2D eigenvalue weighted by Gasteiger charge is -2.35. The second kappa shape index (κ2) is 10.3. The summed E-state index contributed by atoms with van der Waals surface area (Å²) in [6.45, 7) is 1.21. The fraction of sp³-hybridized carbons (Fsp3) is 0.484. The SMILES string of the molecule is COC(=O)C1CC(c2ccc(N3C[C@@H]4C[C@H]3C[C@H]4OCc3cc(-c4c(Cl)cc(C5CC5)cc4Cl)n[nH]3)c(F)c2)C1. The van der Waals surface area contributed by atoms with E-state index >= 15 is 4.39 Å².